The van der Waals surface area contributed by atoms with E-state index < -0.39 is 17.6 Å². The zero-order chi connectivity index (χ0) is 15.3. The molecule has 20 heavy (non-hydrogen) atoms. The van der Waals surface area contributed by atoms with E-state index in [0.717, 1.165) is 4.90 Å². The number of nitrogens with one attached hydrogen (secondary N) is 1. The van der Waals surface area contributed by atoms with Crippen LogP contribution in [0.3, 0.4) is 0 Å². The van der Waals surface area contributed by atoms with Gasteiger partial charge < -0.3 is 10.1 Å². The van der Waals surface area contributed by atoms with Gasteiger partial charge in [0.2, 0.25) is 0 Å². The van der Waals surface area contributed by atoms with Gasteiger partial charge in [-0.05, 0) is 58.2 Å². The normalized spacial score (nSPS) is 12.7. The molecule has 0 aliphatic heterocycles. The van der Waals surface area contributed by atoms with Crippen molar-refractivity contribution in [2.75, 3.05) is 6.26 Å². The molecule has 0 heterocycles. The van der Waals surface area contributed by atoms with E-state index in [1.165, 1.54) is 0 Å². The Morgan fingerprint density at radius 3 is 2.20 bits per heavy atom. The van der Waals surface area contributed by atoms with E-state index in [4.69, 9.17) is 4.74 Å². The lowest BCUT2D eigenvalue weighted by Crippen LogP contribution is -2.42. The highest BCUT2D eigenvalue weighted by molar-refractivity contribution is 7.98. The number of carbonyl (C=O) groups excluding carboxylic acids is 2. The first-order valence-corrected chi connectivity index (χ1v) is 7.63. The Bertz CT molecular complexity index is 477. The Hall–Kier alpha value is -1.49. The molecule has 1 aromatic carbocycles. The fourth-order valence-electron chi connectivity index (χ4n) is 1.47. The van der Waals surface area contributed by atoms with Gasteiger partial charge in [0, 0.05) is 10.5 Å². The average Bonchev–Trinajstić information content (AvgIpc) is 2.36. The number of hydrogen-bond donors (Lipinski definition) is 1. The van der Waals surface area contributed by atoms with Gasteiger partial charge in [-0.25, -0.2) is 4.79 Å². The third-order valence-electron chi connectivity index (χ3n) is 2.46. The fraction of sp³-hybridized carbons (Fsp3) is 0.467. The van der Waals surface area contributed by atoms with Crippen LogP contribution in [0.2, 0.25) is 0 Å². The van der Waals surface area contributed by atoms with Gasteiger partial charge in [-0.1, -0.05) is 0 Å². The number of amides is 1. The fourth-order valence-corrected chi connectivity index (χ4v) is 1.88. The van der Waals surface area contributed by atoms with Gasteiger partial charge in [0.15, 0.2) is 0 Å². The third-order valence-corrected chi connectivity index (χ3v) is 3.20. The molecule has 1 aromatic rings. The predicted molar refractivity (Wildman–Crippen MR) is 81.0 cm³/mol. The molecular weight excluding hydrogens is 274 g/mol. The van der Waals surface area contributed by atoms with E-state index in [1.807, 2.05) is 18.4 Å². The summed E-state index contributed by atoms with van der Waals surface area (Å²) in [6, 6.07) is 6.54. The highest BCUT2D eigenvalue weighted by atomic mass is 32.2. The van der Waals surface area contributed by atoms with E-state index >= 15 is 0 Å². The summed E-state index contributed by atoms with van der Waals surface area (Å²) in [5, 5.41) is 2.64. The molecule has 0 radical (unpaired) electrons. The van der Waals surface area contributed by atoms with E-state index in [2.05, 4.69) is 5.32 Å². The van der Waals surface area contributed by atoms with Gasteiger partial charge in [-0.2, -0.15) is 0 Å². The van der Waals surface area contributed by atoms with Crippen LogP contribution in [0, 0.1) is 0 Å². The number of hydrogen-bond acceptors (Lipinski definition) is 4. The maximum absolute atomic E-state index is 12.0. The second kappa shape index (κ2) is 6.79. The number of ether oxygens (including phenoxy) is 1. The van der Waals surface area contributed by atoms with Gasteiger partial charge in [0.25, 0.3) is 5.91 Å². The maximum atomic E-state index is 12.0. The molecule has 0 spiro atoms. The first-order valence-electron chi connectivity index (χ1n) is 6.40. The molecule has 1 amide bonds. The summed E-state index contributed by atoms with van der Waals surface area (Å²) in [4.78, 5) is 24.9. The topological polar surface area (TPSA) is 55.4 Å². The number of carbonyl (C=O) groups is 2. The second-order valence-electron chi connectivity index (χ2n) is 5.46. The molecular formula is C15H21NO3S. The summed E-state index contributed by atoms with van der Waals surface area (Å²) in [5.74, 6) is -0.720. The van der Waals surface area contributed by atoms with Gasteiger partial charge in [0.05, 0.1) is 0 Å². The van der Waals surface area contributed by atoms with Crippen molar-refractivity contribution in [2.45, 2.75) is 44.2 Å². The van der Waals surface area contributed by atoms with E-state index in [1.54, 1.807) is 51.6 Å². The summed E-state index contributed by atoms with van der Waals surface area (Å²) in [7, 11) is 0. The maximum Gasteiger partial charge on any atom is 0.328 e. The van der Waals surface area contributed by atoms with Crippen LogP contribution in [0.5, 0.6) is 0 Å². The number of rotatable bonds is 4. The molecule has 0 saturated carbocycles. The van der Waals surface area contributed by atoms with Crippen molar-refractivity contribution < 1.29 is 14.3 Å². The quantitative estimate of drug-likeness (QED) is 0.685. The number of benzene rings is 1. The van der Waals surface area contributed by atoms with Gasteiger partial charge in [0.1, 0.15) is 11.6 Å². The minimum absolute atomic E-state index is 0.281. The minimum Gasteiger partial charge on any atom is -0.458 e. The molecule has 0 aliphatic rings. The highest BCUT2D eigenvalue weighted by Gasteiger charge is 2.23. The molecule has 0 aromatic heterocycles. The van der Waals surface area contributed by atoms with E-state index in [9.17, 15) is 9.59 Å². The van der Waals surface area contributed by atoms with Crippen molar-refractivity contribution in [2.24, 2.45) is 0 Å². The Labute approximate surface area is 124 Å². The van der Waals surface area contributed by atoms with Crippen LogP contribution < -0.4 is 5.32 Å². The molecule has 0 bridgehead atoms. The summed E-state index contributed by atoms with van der Waals surface area (Å²) in [6.45, 7) is 6.99. The molecule has 110 valence electrons. The number of thioether (sulfide) groups is 1. The Kier molecular flexibility index (Phi) is 5.62. The van der Waals surface area contributed by atoms with E-state index in [0.29, 0.717) is 5.56 Å². The smallest absolute Gasteiger partial charge is 0.328 e. The summed E-state index contributed by atoms with van der Waals surface area (Å²) >= 11 is 1.61. The Balaban J connectivity index is 2.62. The molecule has 4 nitrogen and oxygen atoms in total. The molecule has 5 heteroatoms. The molecule has 1 atom stereocenters. The summed E-state index contributed by atoms with van der Waals surface area (Å²) in [5.41, 5.74) is -0.0333. The van der Waals surface area contributed by atoms with Crippen LogP contribution in [-0.4, -0.2) is 29.8 Å². The van der Waals surface area contributed by atoms with Gasteiger partial charge in [-0.15, -0.1) is 11.8 Å². The molecule has 1 rings (SSSR count). The van der Waals surface area contributed by atoms with Crippen LogP contribution in [-0.2, 0) is 9.53 Å². The average molecular weight is 295 g/mol. The van der Waals surface area contributed by atoms with Gasteiger partial charge in [-0.3, -0.25) is 4.79 Å². The molecule has 0 aliphatic carbocycles. The largest absolute Gasteiger partial charge is 0.458 e. The van der Waals surface area contributed by atoms with Crippen molar-refractivity contribution in [3.63, 3.8) is 0 Å². The van der Waals surface area contributed by atoms with Crippen LogP contribution in [0.1, 0.15) is 38.1 Å². The van der Waals surface area contributed by atoms with Gasteiger partial charge >= 0.3 is 5.97 Å². The summed E-state index contributed by atoms with van der Waals surface area (Å²) in [6.07, 6.45) is 1.97. The zero-order valence-electron chi connectivity index (χ0n) is 12.5. The van der Waals surface area contributed by atoms with Crippen LogP contribution in [0.4, 0.5) is 0 Å². The standard InChI is InChI=1S/C15H21NO3S/c1-10(14(18)19-15(2,3)4)16-13(17)11-6-8-12(20-5)9-7-11/h6-10H,1-5H3,(H,16,17)/t10-/m0/s1. The van der Waals surface area contributed by atoms with Crippen molar-refractivity contribution >= 4 is 23.6 Å². The molecule has 0 fully saturated rings. The summed E-state index contributed by atoms with van der Waals surface area (Å²) < 4.78 is 5.22. The van der Waals surface area contributed by atoms with Crippen molar-refractivity contribution in [1.82, 2.24) is 5.32 Å². The molecule has 1 N–H and O–H groups in total. The SMILES string of the molecule is CSc1ccc(C(=O)N[C@@H](C)C(=O)OC(C)(C)C)cc1. The Morgan fingerprint density at radius 1 is 1.20 bits per heavy atom. The monoisotopic (exact) mass is 295 g/mol. The first kappa shape index (κ1) is 16.6. The van der Waals surface area contributed by atoms with Crippen LogP contribution in [0.25, 0.3) is 0 Å². The lowest BCUT2D eigenvalue weighted by Gasteiger charge is -2.22. The molecule has 0 saturated heterocycles. The number of esters is 1. The third kappa shape index (κ3) is 5.25. The van der Waals surface area contributed by atoms with Crippen molar-refractivity contribution in [3.05, 3.63) is 29.8 Å². The highest BCUT2D eigenvalue weighted by Crippen LogP contribution is 2.15. The van der Waals surface area contributed by atoms with Crippen molar-refractivity contribution in [1.29, 1.82) is 0 Å². The lowest BCUT2D eigenvalue weighted by molar-refractivity contribution is -0.156. The first-order chi connectivity index (χ1) is 9.23. The Morgan fingerprint density at radius 2 is 1.75 bits per heavy atom. The van der Waals surface area contributed by atoms with Crippen molar-refractivity contribution in [3.8, 4) is 0 Å². The second-order valence-corrected chi connectivity index (χ2v) is 6.34. The molecule has 0 unspecified atom stereocenters. The van der Waals surface area contributed by atoms with E-state index in [-0.39, 0.29) is 5.91 Å². The lowest BCUT2D eigenvalue weighted by atomic mass is 10.2. The predicted octanol–water partition coefficient (Wildman–Crippen LogP) is 2.87. The van der Waals surface area contributed by atoms with Crippen LogP contribution in [0.15, 0.2) is 29.2 Å². The zero-order valence-corrected chi connectivity index (χ0v) is 13.3. The minimum atomic E-state index is -0.679. The van der Waals surface area contributed by atoms with Crippen LogP contribution >= 0.6 is 11.8 Å².